The van der Waals surface area contributed by atoms with Crippen LogP contribution in [0.5, 0.6) is 0 Å². The Labute approximate surface area is 141 Å². The number of rotatable bonds is 8. The molecule has 0 aliphatic heterocycles. The SMILES string of the molecule is CC(C)CCc1ccc(Nc2ccc(CCC(C)C)cn2)cc1. The molecule has 1 aromatic heterocycles. The van der Waals surface area contributed by atoms with Crippen molar-refractivity contribution in [1.82, 2.24) is 4.98 Å². The number of hydrogen-bond acceptors (Lipinski definition) is 2. The molecule has 0 aliphatic rings. The molecule has 1 aromatic carbocycles. The first-order chi connectivity index (χ1) is 11.0. The van der Waals surface area contributed by atoms with E-state index >= 15 is 0 Å². The van der Waals surface area contributed by atoms with Gasteiger partial charge >= 0.3 is 0 Å². The van der Waals surface area contributed by atoms with Gasteiger partial charge < -0.3 is 5.32 Å². The number of aromatic nitrogens is 1. The molecule has 0 saturated heterocycles. The predicted octanol–water partition coefficient (Wildman–Crippen LogP) is 6.00. The summed E-state index contributed by atoms with van der Waals surface area (Å²) in [6.07, 6.45) is 6.70. The Balaban J connectivity index is 1.88. The van der Waals surface area contributed by atoms with E-state index in [1.54, 1.807) is 0 Å². The second-order valence-corrected chi connectivity index (χ2v) is 7.24. The molecule has 0 radical (unpaired) electrons. The van der Waals surface area contributed by atoms with Crippen molar-refractivity contribution in [1.29, 1.82) is 0 Å². The van der Waals surface area contributed by atoms with Crippen molar-refractivity contribution in [3.8, 4) is 0 Å². The molecule has 2 heteroatoms. The Kier molecular flexibility index (Phi) is 6.64. The topological polar surface area (TPSA) is 24.9 Å². The zero-order valence-electron chi connectivity index (χ0n) is 15.0. The summed E-state index contributed by atoms with van der Waals surface area (Å²) in [4.78, 5) is 4.52. The normalized spacial score (nSPS) is 11.2. The Bertz CT molecular complexity index is 514. The van der Waals surface area contributed by atoms with E-state index in [9.17, 15) is 0 Å². The van der Waals surface area contributed by atoms with Gasteiger partial charge in [0.25, 0.3) is 0 Å². The van der Waals surface area contributed by atoms with Crippen LogP contribution in [0.4, 0.5) is 11.5 Å². The molecule has 124 valence electrons. The van der Waals surface area contributed by atoms with Crippen LogP contribution in [0.1, 0.15) is 51.7 Å². The first-order valence-electron chi connectivity index (χ1n) is 8.84. The van der Waals surface area contributed by atoms with Crippen LogP contribution in [0.3, 0.4) is 0 Å². The third-order valence-corrected chi connectivity index (χ3v) is 4.07. The van der Waals surface area contributed by atoms with Gasteiger partial charge in [-0.1, -0.05) is 45.9 Å². The van der Waals surface area contributed by atoms with Gasteiger partial charge in [0.2, 0.25) is 0 Å². The smallest absolute Gasteiger partial charge is 0.130 e. The molecule has 0 atom stereocenters. The fourth-order valence-corrected chi connectivity index (χ4v) is 2.46. The van der Waals surface area contributed by atoms with E-state index in [4.69, 9.17) is 0 Å². The molecule has 0 fully saturated rings. The number of aryl methyl sites for hydroxylation is 2. The molecule has 0 spiro atoms. The van der Waals surface area contributed by atoms with Crippen LogP contribution < -0.4 is 5.32 Å². The summed E-state index contributed by atoms with van der Waals surface area (Å²) in [6.45, 7) is 9.06. The third kappa shape index (κ3) is 6.43. The molecule has 0 amide bonds. The van der Waals surface area contributed by atoms with Crippen molar-refractivity contribution >= 4 is 11.5 Å². The molecule has 1 heterocycles. The van der Waals surface area contributed by atoms with E-state index in [1.807, 2.05) is 6.20 Å². The maximum absolute atomic E-state index is 4.52. The molecule has 0 bridgehead atoms. The number of nitrogens with zero attached hydrogens (tertiary/aromatic N) is 1. The Hall–Kier alpha value is -1.83. The highest BCUT2D eigenvalue weighted by Gasteiger charge is 2.01. The average Bonchev–Trinajstić information content (AvgIpc) is 2.53. The minimum Gasteiger partial charge on any atom is -0.340 e. The van der Waals surface area contributed by atoms with Crippen molar-refractivity contribution in [2.45, 2.75) is 53.4 Å². The van der Waals surface area contributed by atoms with E-state index < -0.39 is 0 Å². The van der Waals surface area contributed by atoms with Crippen LogP contribution in [-0.4, -0.2) is 4.98 Å². The van der Waals surface area contributed by atoms with Gasteiger partial charge in [0.1, 0.15) is 5.82 Å². The van der Waals surface area contributed by atoms with Gasteiger partial charge in [-0.15, -0.1) is 0 Å². The lowest BCUT2D eigenvalue weighted by molar-refractivity contribution is 0.586. The number of hydrogen-bond donors (Lipinski definition) is 1. The zero-order chi connectivity index (χ0) is 16.7. The zero-order valence-corrected chi connectivity index (χ0v) is 15.0. The summed E-state index contributed by atoms with van der Waals surface area (Å²) in [6, 6.07) is 13.0. The lowest BCUT2D eigenvalue weighted by Gasteiger charge is -2.09. The van der Waals surface area contributed by atoms with Crippen molar-refractivity contribution < 1.29 is 0 Å². The molecule has 2 nitrogen and oxygen atoms in total. The van der Waals surface area contributed by atoms with E-state index in [-0.39, 0.29) is 0 Å². The molecule has 1 N–H and O–H groups in total. The van der Waals surface area contributed by atoms with Gasteiger partial charge in [0.05, 0.1) is 0 Å². The highest BCUT2D eigenvalue weighted by molar-refractivity contribution is 5.56. The van der Waals surface area contributed by atoms with Gasteiger partial charge in [-0.05, 0) is 66.8 Å². The molecular weight excluding hydrogens is 280 g/mol. The van der Waals surface area contributed by atoms with Gasteiger partial charge in [0.15, 0.2) is 0 Å². The summed E-state index contributed by atoms with van der Waals surface area (Å²) in [5.41, 5.74) is 3.82. The van der Waals surface area contributed by atoms with Crippen LogP contribution in [0.15, 0.2) is 42.6 Å². The first kappa shape index (κ1) is 17.5. The number of nitrogens with one attached hydrogen (secondary N) is 1. The highest BCUT2D eigenvalue weighted by atomic mass is 15.0. The fraction of sp³-hybridized carbons (Fsp3) is 0.476. The second kappa shape index (κ2) is 8.71. The van der Waals surface area contributed by atoms with E-state index in [1.165, 1.54) is 24.0 Å². The Morgan fingerprint density at radius 2 is 1.35 bits per heavy atom. The van der Waals surface area contributed by atoms with Gasteiger partial charge in [-0.3, -0.25) is 0 Å². The van der Waals surface area contributed by atoms with E-state index in [0.29, 0.717) is 0 Å². The summed E-state index contributed by atoms with van der Waals surface area (Å²) in [5.74, 6) is 2.40. The van der Waals surface area contributed by atoms with Gasteiger partial charge in [-0.2, -0.15) is 0 Å². The standard InChI is InChI=1S/C21H30N2/c1-16(2)5-7-18-9-12-20(13-10-18)23-21-14-11-19(15-22-21)8-6-17(3)4/h9-17H,5-8H2,1-4H3,(H,22,23). The summed E-state index contributed by atoms with van der Waals surface area (Å²) in [5, 5.41) is 3.38. The predicted molar refractivity (Wildman–Crippen MR) is 100 cm³/mol. The molecule has 0 saturated carbocycles. The minimum absolute atomic E-state index is 0.738. The van der Waals surface area contributed by atoms with Gasteiger partial charge in [0, 0.05) is 11.9 Å². The number of anilines is 2. The van der Waals surface area contributed by atoms with Crippen molar-refractivity contribution in [3.63, 3.8) is 0 Å². The van der Waals surface area contributed by atoms with E-state index in [2.05, 4.69) is 74.4 Å². The lowest BCUT2D eigenvalue weighted by atomic mass is 10.0. The van der Waals surface area contributed by atoms with E-state index in [0.717, 1.165) is 36.2 Å². The van der Waals surface area contributed by atoms with Crippen LogP contribution in [-0.2, 0) is 12.8 Å². The largest absolute Gasteiger partial charge is 0.340 e. The molecule has 2 aromatic rings. The third-order valence-electron chi connectivity index (χ3n) is 4.07. The monoisotopic (exact) mass is 310 g/mol. The molecule has 2 rings (SSSR count). The summed E-state index contributed by atoms with van der Waals surface area (Å²) < 4.78 is 0. The maximum atomic E-state index is 4.52. The summed E-state index contributed by atoms with van der Waals surface area (Å²) in [7, 11) is 0. The summed E-state index contributed by atoms with van der Waals surface area (Å²) >= 11 is 0. The van der Waals surface area contributed by atoms with Crippen LogP contribution in [0, 0.1) is 11.8 Å². The van der Waals surface area contributed by atoms with Crippen LogP contribution in [0.2, 0.25) is 0 Å². The minimum atomic E-state index is 0.738. The van der Waals surface area contributed by atoms with Crippen LogP contribution in [0.25, 0.3) is 0 Å². The van der Waals surface area contributed by atoms with Crippen LogP contribution >= 0.6 is 0 Å². The first-order valence-corrected chi connectivity index (χ1v) is 8.84. The molecule has 23 heavy (non-hydrogen) atoms. The number of pyridine rings is 1. The lowest BCUT2D eigenvalue weighted by Crippen LogP contribution is -1.97. The number of benzene rings is 1. The fourth-order valence-electron chi connectivity index (χ4n) is 2.46. The van der Waals surface area contributed by atoms with Gasteiger partial charge in [-0.25, -0.2) is 4.98 Å². The Morgan fingerprint density at radius 1 is 0.783 bits per heavy atom. The molecule has 0 unspecified atom stereocenters. The molecule has 0 aliphatic carbocycles. The molecular formula is C21H30N2. The maximum Gasteiger partial charge on any atom is 0.130 e. The Morgan fingerprint density at radius 3 is 1.87 bits per heavy atom. The van der Waals surface area contributed by atoms with Crippen molar-refractivity contribution in [2.75, 3.05) is 5.32 Å². The van der Waals surface area contributed by atoms with Crippen molar-refractivity contribution in [2.24, 2.45) is 11.8 Å². The van der Waals surface area contributed by atoms with Crippen molar-refractivity contribution in [3.05, 3.63) is 53.7 Å². The highest BCUT2D eigenvalue weighted by Crippen LogP contribution is 2.18. The average molecular weight is 310 g/mol. The second-order valence-electron chi connectivity index (χ2n) is 7.24. The quantitative estimate of drug-likeness (QED) is 0.646.